The Labute approximate surface area is 159 Å². The van der Waals surface area contributed by atoms with Crippen LogP contribution in [0.15, 0.2) is 12.1 Å². The van der Waals surface area contributed by atoms with E-state index in [0.29, 0.717) is 23.7 Å². The summed E-state index contributed by atoms with van der Waals surface area (Å²) in [6.45, 7) is 4.23. The fourth-order valence-electron chi connectivity index (χ4n) is 3.91. The molecule has 2 fully saturated rings. The van der Waals surface area contributed by atoms with Gasteiger partial charge in [-0.1, -0.05) is 4.49 Å². The SMILES string of the molecule is Cc1ccc(N2CC[C@]3(CN(C(=O)c4nnsc4C)CCC3(F)F)C2)nn1. The number of alkyl halides is 2. The number of carbonyl (C=O) groups excluding carboxylic acids is 1. The van der Waals surface area contributed by atoms with Crippen molar-refractivity contribution in [3.05, 3.63) is 28.4 Å². The van der Waals surface area contributed by atoms with E-state index in [1.165, 1.54) is 4.90 Å². The summed E-state index contributed by atoms with van der Waals surface area (Å²) in [6.07, 6.45) is -0.0452. The number of rotatable bonds is 2. The molecular formula is C17H20F2N6OS. The van der Waals surface area contributed by atoms with Crippen LogP contribution in [-0.2, 0) is 0 Å². The summed E-state index contributed by atoms with van der Waals surface area (Å²) >= 11 is 1.14. The number of nitrogens with zero attached hydrogens (tertiary/aromatic N) is 6. The Balaban J connectivity index is 1.57. The quantitative estimate of drug-likeness (QED) is 0.778. The molecule has 0 aliphatic carbocycles. The van der Waals surface area contributed by atoms with Gasteiger partial charge in [0.2, 0.25) is 0 Å². The topological polar surface area (TPSA) is 75.1 Å². The van der Waals surface area contributed by atoms with Crippen molar-refractivity contribution in [1.29, 1.82) is 0 Å². The number of aryl methyl sites for hydroxylation is 2. The van der Waals surface area contributed by atoms with E-state index in [0.717, 1.165) is 17.2 Å². The van der Waals surface area contributed by atoms with Crippen LogP contribution in [0.5, 0.6) is 0 Å². The van der Waals surface area contributed by atoms with E-state index in [2.05, 4.69) is 19.8 Å². The molecule has 0 saturated carbocycles. The number of aromatic nitrogens is 4. The monoisotopic (exact) mass is 394 g/mol. The molecule has 0 unspecified atom stereocenters. The van der Waals surface area contributed by atoms with Crippen LogP contribution in [0.1, 0.15) is 33.9 Å². The first kappa shape index (κ1) is 18.1. The van der Waals surface area contributed by atoms with Crippen LogP contribution < -0.4 is 4.90 Å². The Morgan fingerprint density at radius 3 is 2.59 bits per heavy atom. The van der Waals surface area contributed by atoms with Gasteiger partial charge in [-0.15, -0.1) is 10.2 Å². The summed E-state index contributed by atoms with van der Waals surface area (Å²) in [5, 5.41) is 12.0. The van der Waals surface area contributed by atoms with E-state index in [1.54, 1.807) is 13.0 Å². The van der Waals surface area contributed by atoms with Crippen molar-refractivity contribution in [2.45, 2.75) is 32.6 Å². The molecule has 1 atom stereocenters. The molecule has 2 saturated heterocycles. The van der Waals surface area contributed by atoms with Crippen molar-refractivity contribution in [1.82, 2.24) is 24.7 Å². The second-order valence-electron chi connectivity index (χ2n) is 7.34. The Morgan fingerprint density at radius 2 is 1.93 bits per heavy atom. The molecule has 4 heterocycles. The van der Waals surface area contributed by atoms with E-state index < -0.39 is 11.3 Å². The Bertz CT molecular complexity index is 857. The van der Waals surface area contributed by atoms with Gasteiger partial charge in [-0.3, -0.25) is 4.79 Å². The van der Waals surface area contributed by atoms with Crippen LogP contribution in [0.4, 0.5) is 14.6 Å². The molecule has 2 aromatic heterocycles. The van der Waals surface area contributed by atoms with Crippen LogP contribution in [0.2, 0.25) is 0 Å². The van der Waals surface area contributed by atoms with Gasteiger partial charge < -0.3 is 9.80 Å². The van der Waals surface area contributed by atoms with Gasteiger partial charge >= 0.3 is 0 Å². The molecule has 1 amide bonds. The van der Waals surface area contributed by atoms with Gasteiger partial charge in [0.1, 0.15) is 0 Å². The molecule has 10 heteroatoms. The van der Waals surface area contributed by atoms with Gasteiger partial charge in [-0.25, -0.2) is 8.78 Å². The number of piperidine rings is 1. The summed E-state index contributed by atoms with van der Waals surface area (Å²) in [5.41, 5.74) is -0.246. The maximum atomic E-state index is 14.9. The smallest absolute Gasteiger partial charge is 0.275 e. The summed E-state index contributed by atoms with van der Waals surface area (Å²) in [4.78, 5) is 16.8. The second kappa shape index (κ2) is 6.43. The highest BCUT2D eigenvalue weighted by atomic mass is 32.1. The first-order valence-electron chi connectivity index (χ1n) is 8.83. The van der Waals surface area contributed by atoms with E-state index in [1.807, 2.05) is 17.9 Å². The van der Waals surface area contributed by atoms with Crippen LogP contribution in [0.3, 0.4) is 0 Å². The third kappa shape index (κ3) is 3.05. The number of hydrogen-bond donors (Lipinski definition) is 0. The fraction of sp³-hybridized carbons (Fsp3) is 0.588. The third-order valence-corrected chi connectivity index (χ3v) is 6.20. The number of amides is 1. The molecule has 7 nitrogen and oxygen atoms in total. The molecule has 1 spiro atoms. The first-order valence-corrected chi connectivity index (χ1v) is 9.60. The van der Waals surface area contributed by atoms with Gasteiger partial charge in [0.25, 0.3) is 11.8 Å². The summed E-state index contributed by atoms with van der Waals surface area (Å²) in [7, 11) is 0. The highest BCUT2D eigenvalue weighted by Crippen LogP contribution is 2.50. The maximum Gasteiger partial charge on any atom is 0.275 e. The minimum absolute atomic E-state index is 0.00555. The van der Waals surface area contributed by atoms with Crippen LogP contribution in [0, 0.1) is 19.3 Å². The lowest BCUT2D eigenvalue weighted by atomic mass is 9.75. The van der Waals surface area contributed by atoms with Crippen LogP contribution in [-0.4, -0.2) is 62.7 Å². The predicted octanol–water partition coefficient (Wildman–Crippen LogP) is 2.32. The van der Waals surface area contributed by atoms with Gasteiger partial charge in [0.05, 0.1) is 16.0 Å². The van der Waals surface area contributed by atoms with Crippen LogP contribution >= 0.6 is 11.5 Å². The first-order chi connectivity index (χ1) is 12.8. The third-order valence-electron chi connectivity index (χ3n) is 5.57. The minimum atomic E-state index is -2.84. The van der Waals surface area contributed by atoms with Crippen molar-refractivity contribution in [2.24, 2.45) is 5.41 Å². The van der Waals surface area contributed by atoms with Crippen molar-refractivity contribution >= 4 is 23.3 Å². The molecule has 0 bridgehead atoms. The van der Waals surface area contributed by atoms with Crippen molar-refractivity contribution in [3.63, 3.8) is 0 Å². The lowest BCUT2D eigenvalue weighted by molar-refractivity contribution is -0.150. The molecule has 2 aliphatic rings. The standard InChI is InChI=1S/C17H20F2N6OS/c1-11-3-4-13(21-20-11)24-7-5-16(9-24)10-25(8-6-17(16,18)19)15(26)14-12(2)27-23-22-14/h3-4H,5-10H2,1-2H3/t16-/m1/s1. The number of anilines is 1. The molecule has 2 aliphatic heterocycles. The molecule has 4 rings (SSSR count). The van der Waals surface area contributed by atoms with Crippen molar-refractivity contribution in [2.75, 3.05) is 31.1 Å². The lowest BCUT2D eigenvalue weighted by Crippen LogP contribution is -2.58. The number of likely N-dealkylation sites (tertiary alicyclic amines) is 1. The molecule has 0 N–H and O–H groups in total. The highest BCUT2D eigenvalue weighted by Gasteiger charge is 2.60. The van der Waals surface area contributed by atoms with Crippen molar-refractivity contribution in [3.8, 4) is 0 Å². The van der Waals surface area contributed by atoms with Crippen LogP contribution in [0.25, 0.3) is 0 Å². The number of halogens is 2. The zero-order valence-corrected chi connectivity index (χ0v) is 16.0. The largest absolute Gasteiger partial charge is 0.354 e. The second-order valence-corrected chi connectivity index (χ2v) is 8.30. The Morgan fingerprint density at radius 1 is 1.11 bits per heavy atom. The number of hydrogen-bond acceptors (Lipinski definition) is 7. The Kier molecular flexibility index (Phi) is 4.32. The van der Waals surface area contributed by atoms with Gasteiger partial charge in [-0.2, -0.15) is 5.10 Å². The predicted molar refractivity (Wildman–Crippen MR) is 96.1 cm³/mol. The Hall–Kier alpha value is -2.23. The maximum absolute atomic E-state index is 14.9. The number of carbonyl (C=O) groups is 1. The lowest BCUT2D eigenvalue weighted by Gasteiger charge is -2.45. The molecule has 2 aromatic rings. The normalized spacial score (nSPS) is 24.6. The highest BCUT2D eigenvalue weighted by molar-refractivity contribution is 7.05. The van der Waals surface area contributed by atoms with E-state index >= 15 is 0 Å². The molecule has 0 radical (unpaired) electrons. The minimum Gasteiger partial charge on any atom is -0.354 e. The van der Waals surface area contributed by atoms with Gasteiger partial charge in [-0.05, 0) is 43.9 Å². The molecule has 0 aromatic carbocycles. The summed E-state index contributed by atoms with van der Waals surface area (Å²) in [5.74, 6) is -2.56. The molecule has 27 heavy (non-hydrogen) atoms. The van der Waals surface area contributed by atoms with Crippen molar-refractivity contribution < 1.29 is 13.6 Å². The summed E-state index contributed by atoms with van der Waals surface area (Å²) < 4.78 is 33.7. The average molecular weight is 394 g/mol. The average Bonchev–Trinajstić information content (AvgIpc) is 3.25. The molecular weight excluding hydrogens is 374 g/mol. The fourth-order valence-corrected chi connectivity index (χ4v) is 4.37. The van der Waals surface area contributed by atoms with E-state index in [4.69, 9.17) is 0 Å². The van der Waals surface area contributed by atoms with E-state index in [-0.39, 0.29) is 37.7 Å². The zero-order valence-electron chi connectivity index (χ0n) is 15.2. The zero-order chi connectivity index (χ0) is 19.2. The summed E-state index contributed by atoms with van der Waals surface area (Å²) in [6, 6.07) is 3.62. The van der Waals surface area contributed by atoms with Gasteiger partial charge in [0.15, 0.2) is 11.5 Å². The molecule has 144 valence electrons. The van der Waals surface area contributed by atoms with Gasteiger partial charge in [0, 0.05) is 32.6 Å². The van der Waals surface area contributed by atoms with E-state index in [9.17, 15) is 13.6 Å².